The van der Waals surface area contributed by atoms with Crippen LogP contribution in [0.1, 0.15) is 34.6 Å². The quantitative estimate of drug-likeness (QED) is 0.671. The first-order valence-electron chi connectivity index (χ1n) is 4.35. The third-order valence-corrected chi connectivity index (χ3v) is 0.586. The fourth-order valence-electron chi connectivity index (χ4n) is 0.249. The molecule has 3 heteroatoms. The highest BCUT2D eigenvalue weighted by Gasteiger charge is 1.91. The summed E-state index contributed by atoms with van der Waals surface area (Å²) in [7, 11) is 0. The summed E-state index contributed by atoms with van der Waals surface area (Å²) in [4.78, 5) is 20.2. The van der Waals surface area contributed by atoms with Crippen molar-refractivity contribution in [3.8, 4) is 0 Å². The van der Waals surface area contributed by atoms with Crippen LogP contribution >= 0.6 is 0 Å². The molecule has 0 aliphatic heterocycles. The Labute approximate surface area is 81.2 Å². The first-order valence-corrected chi connectivity index (χ1v) is 4.35. The van der Waals surface area contributed by atoms with Gasteiger partial charge in [0.25, 0.3) is 0 Å². The van der Waals surface area contributed by atoms with Crippen LogP contribution < -0.4 is 5.32 Å². The maximum Gasteiger partial charge on any atom is 0.217 e. The van der Waals surface area contributed by atoms with Crippen LogP contribution in [0.4, 0.5) is 0 Å². The van der Waals surface area contributed by atoms with Gasteiger partial charge < -0.3 is 5.32 Å². The Morgan fingerprint density at radius 1 is 1.31 bits per heavy atom. The van der Waals surface area contributed by atoms with Crippen LogP contribution in [0.15, 0.2) is 12.7 Å². The number of hydrogen-bond donors (Lipinski definition) is 1. The zero-order valence-corrected chi connectivity index (χ0v) is 9.31. The van der Waals surface area contributed by atoms with E-state index in [1.165, 1.54) is 13.8 Å². The molecule has 0 spiro atoms. The van der Waals surface area contributed by atoms with Gasteiger partial charge in [0, 0.05) is 6.92 Å². The Hall–Kier alpha value is -1.12. The summed E-state index contributed by atoms with van der Waals surface area (Å²) in [6.07, 6.45) is 1.75. The van der Waals surface area contributed by atoms with Gasteiger partial charge in [-0.1, -0.05) is 19.9 Å². The molecule has 0 atom stereocenters. The number of hydrogen-bond acceptors (Lipinski definition) is 2. The molecule has 0 aromatic heterocycles. The van der Waals surface area contributed by atoms with Crippen LogP contribution in [-0.2, 0) is 9.59 Å². The molecule has 1 N–H and O–H groups in total. The summed E-state index contributed by atoms with van der Waals surface area (Å²) >= 11 is 0. The highest BCUT2D eigenvalue weighted by atomic mass is 16.2. The van der Waals surface area contributed by atoms with Gasteiger partial charge in [-0.25, -0.2) is 0 Å². The molecule has 0 bridgehead atoms. The molecule has 0 saturated heterocycles. The van der Waals surface area contributed by atoms with Gasteiger partial charge >= 0.3 is 0 Å². The highest BCUT2D eigenvalue weighted by molar-refractivity contribution is 5.83. The van der Waals surface area contributed by atoms with Crippen molar-refractivity contribution in [2.45, 2.75) is 34.6 Å². The summed E-state index contributed by atoms with van der Waals surface area (Å²) in [6, 6.07) is 0. The number of rotatable bonds is 2. The zero-order valence-electron chi connectivity index (χ0n) is 9.31. The number of nitrogens with one attached hydrogen (secondary N) is 1. The van der Waals surface area contributed by atoms with E-state index in [0.29, 0.717) is 0 Å². The summed E-state index contributed by atoms with van der Waals surface area (Å²) in [5.41, 5.74) is 0. The summed E-state index contributed by atoms with van der Waals surface area (Å²) in [5.74, 6) is -0.194. The van der Waals surface area contributed by atoms with Gasteiger partial charge in [0.15, 0.2) is 0 Å². The number of carbonyl (C=O) groups is 2. The average Bonchev–Trinajstić information content (AvgIpc) is 2.06. The Morgan fingerprint density at radius 3 is 1.69 bits per heavy atom. The van der Waals surface area contributed by atoms with Gasteiger partial charge in [0.2, 0.25) is 5.91 Å². The first-order chi connectivity index (χ1) is 6.04. The van der Waals surface area contributed by atoms with E-state index in [1.807, 2.05) is 20.8 Å². The van der Waals surface area contributed by atoms with Gasteiger partial charge in [-0.3, -0.25) is 9.59 Å². The van der Waals surface area contributed by atoms with Crippen molar-refractivity contribution in [2.75, 3.05) is 6.54 Å². The van der Waals surface area contributed by atoms with E-state index in [9.17, 15) is 9.59 Å². The van der Waals surface area contributed by atoms with Crippen molar-refractivity contribution in [1.29, 1.82) is 0 Å². The topological polar surface area (TPSA) is 46.2 Å². The van der Waals surface area contributed by atoms with Crippen LogP contribution in [0.25, 0.3) is 0 Å². The second kappa shape index (κ2) is 17.1. The van der Waals surface area contributed by atoms with E-state index in [-0.39, 0.29) is 18.2 Å². The van der Waals surface area contributed by atoms with E-state index in [2.05, 4.69) is 11.9 Å². The molecule has 1 amide bonds. The van der Waals surface area contributed by atoms with Crippen LogP contribution in [0.3, 0.4) is 0 Å². The molecule has 0 radical (unpaired) electrons. The van der Waals surface area contributed by atoms with Crippen molar-refractivity contribution < 1.29 is 9.59 Å². The van der Waals surface area contributed by atoms with Crippen LogP contribution in [-0.4, -0.2) is 18.2 Å². The van der Waals surface area contributed by atoms with Crippen molar-refractivity contribution >= 4 is 11.7 Å². The number of carbonyl (C=O) groups excluding carboxylic acids is 2. The number of allylic oxidation sites excluding steroid dienone is 1. The number of amides is 1. The van der Waals surface area contributed by atoms with E-state index < -0.39 is 0 Å². The Morgan fingerprint density at radius 2 is 1.62 bits per heavy atom. The predicted molar refractivity (Wildman–Crippen MR) is 56.6 cm³/mol. The number of ketones is 1. The maximum atomic E-state index is 10.1. The maximum absolute atomic E-state index is 10.1. The van der Waals surface area contributed by atoms with E-state index in [4.69, 9.17) is 0 Å². The molecule has 0 heterocycles. The van der Waals surface area contributed by atoms with Crippen molar-refractivity contribution in [3.63, 3.8) is 0 Å². The zero-order chi connectivity index (χ0) is 11.3. The van der Waals surface area contributed by atoms with Gasteiger partial charge in [-0.15, -0.1) is 6.58 Å². The molecule has 0 rings (SSSR count). The summed E-state index contributed by atoms with van der Waals surface area (Å²) in [5, 5.41) is 2.36. The lowest BCUT2D eigenvalue weighted by molar-refractivity contribution is -0.123. The molecular weight excluding hydrogens is 166 g/mol. The van der Waals surface area contributed by atoms with Crippen molar-refractivity contribution in [3.05, 3.63) is 12.7 Å². The normalized spacial score (nSPS) is 6.54. The van der Waals surface area contributed by atoms with Gasteiger partial charge in [0.1, 0.15) is 5.78 Å². The number of Topliss-reactive ketones (excluding diaryl/α,β-unsaturated/α-hetero) is 1. The lowest BCUT2D eigenvalue weighted by atomic mass is 10.4. The molecule has 3 nitrogen and oxygen atoms in total. The molecule has 0 fully saturated rings. The third-order valence-electron chi connectivity index (χ3n) is 0.586. The standard InChI is InChI=1S/C5H9NO2.C3H6.C2H6/c1-4(7)3-6-5(2)8;1-3-2;1-2/h3H2,1-2H3,(H,6,8);3H,1H2,2H3;1-2H3. The molecule has 0 saturated carbocycles. The summed E-state index contributed by atoms with van der Waals surface area (Å²) < 4.78 is 0. The predicted octanol–water partition coefficient (Wildman–Crippen LogP) is 1.93. The average molecular weight is 187 g/mol. The van der Waals surface area contributed by atoms with E-state index >= 15 is 0 Å². The molecule has 0 aliphatic rings. The lowest BCUT2D eigenvalue weighted by Gasteiger charge is -1.93. The minimum Gasteiger partial charge on any atom is -0.349 e. The Bertz CT molecular complexity index is 128. The lowest BCUT2D eigenvalue weighted by Crippen LogP contribution is -2.25. The molecule has 0 aromatic carbocycles. The summed E-state index contributed by atoms with van der Waals surface area (Å²) in [6.45, 7) is 12.2. The van der Waals surface area contributed by atoms with Crippen LogP contribution in [0.5, 0.6) is 0 Å². The molecular formula is C10H21NO2. The molecule has 0 aliphatic carbocycles. The fourth-order valence-corrected chi connectivity index (χ4v) is 0.249. The Kier molecular flexibility index (Phi) is 23.5. The SMILES string of the molecule is C=CC.CC.CC(=O)CNC(C)=O. The smallest absolute Gasteiger partial charge is 0.217 e. The molecule has 0 unspecified atom stereocenters. The van der Waals surface area contributed by atoms with E-state index in [0.717, 1.165) is 0 Å². The second-order valence-corrected chi connectivity index (χ2v) is 2.02. The van der Waals surface area contributed by atoms with Gasteiger partial charge in [-0.2, -0.15) is 0 Å². The van der Waals surface area contributed by atoms with E-state index in [1.54, 1.807) is 6.08 Å². The highest BCUT2D eigenvalue weighted by Crippen LogP contribution is 1.63. The monoisotopic (exact) mass is 187 g/mol. The van der Waals surface area contributed by atoms with Gasteiger partial charge in [0.05, 0.1) is 6.54 Å². The molecule has 78 valence electrons. The van der Waals surface area contributed by atoms with Crippen molar-refractivity contribution in [1.82, 2.24) is 5.32 Å². The molecule has 0 aromatic rings. The largest absolute Gasteiger partial charge is 0.349 e. The van der Waals surface area contributed by atoms with Crippen LogP contribution in [0, 0.1) is 0 Å². The Balaban J connectivity index is -0.000000169. The van der Waals surface area contributed by atoms with Crippen molar-refractivity contribution in [2.24, 2.45) is 0 Å². The fraction of sp³-hybridized carbons (Fsp3) is 0.600. The van der Waals surface area contributed by atoms with Gasteiger partial charge in [-0.05, 0) is 13.8 Å². The minimum absolute atomic E-state index is 0.0276. The van der Waals surface area contributed by atoms with Crippen LogP contribution in [0.2, 0.25) is 0 Å². The molecule has 13 heavy (non-hydrogen) atoms. The first kappa shape index (κ1) is 17.8. The second-order valence-electron chi connectivity index (χ2n) is 2.02. The third kappa shape index (κ3) is 57.0. The minimum atomic E-state index is -0.166.